The molecule has 4 nitrogen and oxygen atoms in total. The number of unbranched alkanes of at least 4 members (excludes halogenated alkanes) is 3. The van der Waals surface area contributed by atoms with Gasteiger partial charge in [0, 0.05) is 17.7 Å². The molecular formula is C20H24N2O2. The highest BCUT2D eigenvalue weighted by Gasteiger charge is 2.23. The molecule has 0 saturated carbocycles. The zero-order valence-corrected chi connectivity index (χ0v) is 13.9. The van der Waals surface area contributed by atoms with Gasteiger partial charge in [-0.05, 0) is 43.7 Å². The van der Waals surface area contributed by atoms with Crippen LogP contribution in [0.4, 0.5) is 0 Å². The van der Waals surface area contributed by atoms with Crippen molar-refractivity contribution in [2.24, 2.45) is 5.73 Å². The SMILES string of the molecule is NCCCCCCN(C(=O)c1ccccc1)C(=O)c1ccccc1. The fraction of sp³-hybridized carbons (Fsp3) is 0.300. The summed E-state index contributed by atoms with van der Waals surface area (Å²) in [5.74, 6) is -0.494. The zero-order chi connectivity index (χ0) is 17.2. The van der Waals surface area contributed by atoms with Crippen LogP contribution in [0, 0.1) is 0 Å². The molecule has 0 bridgehead atoms. The van der Waals surface area contributed by atoms with E-state index >= 15 is 0 Å². The second-order valence-corrected chi connectivity index (χ2v) is 5.70. The summed E-state index contributed by atoms with van der Waals surface area (Å²) in [7, 11) is 0. The summed E-state index contributed by atoms with van der Waals surface area (Å²) in [6, 6.07) is 17.9. The summed E-state index contributed by atoms with van der Waals surface area (Å²) in [6.07, 6.45) is 3.73. The van der Waals surface area contributed by atoms with Gasteiger partial charge in [-0.25, -0.2) is 0 Å². The number of rotatable bonds is 8. The van der Waals surface area contributed by atoms with E-state index in [4.69, 9.17) is 5.73 Å². The van der Waals surface area contributed by atoms with E-state index < -0.39 is 0 Å². The maximum Gasteiger partial charge on any atom is 0.260 e. The minimum absolute atomic E-state index is 0.247. The summed E-state index contributed by atoms with van der Waals surface area (Å²) in [6.45, 7) is 1.10. The molecule has 0 unspecified atom stereocenters. The topological polar surface area (TPSA) is 63.4 Å². The third-order valence-electron chi connectivity index (χ3n) is 3.87. The Hall–Kier alpha value is -2.46. The number of nitrogens with two attached hydrogens (primary N) is 1. The van der Waals surface area contributed by atoms with Gasteiger partial charge in [-0.15, -0.1) is 0 Å². The van der Waals surface area contributed by atoms with E-state index in [0.717, 1.165) is 25.7 Å². The molecule has 126 valence electrons. The van der Waals surface area contributed by atoms with E-state index in [1.54, 1.807) is 48.5 Å². The molecule has 0 aliphatic carbocycles. The molecule has 24 heavy (non-hydrogen) atoms. The Morgan fingerprint density at radius 3 is 1.62 bits per heavy atom. The molecule has 0 aliphatic rings. The first kappa shape index (κ1) is 17.9. The van der Waals surface area contributed by atoms with Crippen molar-refractivity contribution in [3.63, 3.8) is 0 Å². The molecule has 0 heterocycles. The summed E-state index contributed by atoms with van der Waals surface area (Å²) < 4.78 is 0. The molecule has 0 aliphatic heterocycles. The van der Waals surface area contributed by atoms with Gasteiger partial charge in [-0.1, -0.05) is 49.2 Å². The van der Waals surface area contributed by atoms with Gasteiger partial charge < -0.3 is 5.73 Å². The number of hydrogen-bond acceptors (Lipinski definition) is 3. The maximum atomic E-state index is 12.8. The molecule has 0 fully saturated rings. The van der Waals surface area contributed by atoms with E-state index in [9.17, 15) is 9.59 Å². The molecular weight excluding hydrogens is 300 g/mol. The maximum absolute atomic E-state index is 12.8. The van der Waals surface area contributed by atoms with E-state index in [1.165, 1.54) is 4.90 Å². The Labute approximate surface area is 143 Å². The normalized spacial score (nSPS) is 10.4. The highest BCUT2D eigenvalue weighted by Crippen LogP contribution is 2.12. The van der Waals surface area contributed by atoms with Crippen LogP contribution >= 0.6 is 0 Å². The van der Waals surface area contributed by atoms with Crippen molar-refractivity contribution in [2.45, 2.75) is 25.7 Å². The number of imide groups is 1. The standard InChI is InChI=1S/C20H24N2O2/c21-15-9-1-2-10-16-22(19(23)17-11-5-3-6-12-17)20(24)18-13-7-4-8-14-18/h3-8,11-14H,1-2,9-10,15-16,21H2. The molecule has 0 aromatic heterocycles. The summed E-state index contributed by atoms with van der Waals surface area (Å²) in [4.78, 5) is 26.9. The first-order valence-corrected chi connectivity index (χ1v) is 8.40. The van der Waals surface area contributed by atoms with E-state index in [2.05, 4.69) is 0 Å². The lowest BCUT2D eigenvalue weighted by molar-refractivity contribution is 0.0613. The van der Waals surface area contributed by atoms with Crippen LogP contribution in [-0.2, 0) is 0 Å². The number of benzene rings is 2. The molecule has 0 saturated heterocycles. The highest BCUT2D eigenvalue weighted by molar-refractivity contribution is 6.10. The van der Waals surface area contributed by atoms with Crippen molar-refractivity contribution in [1.29, 1.82) is 0 Å². The van der Waals surface area contributed by atoms with E-state index in [-0.39, 0.29) is 11.8 Å². The molecule has 0 radical (unpaired) electrons. The van der Waals surface area contributed by atoms with Gasteiger partial charge in [-0.3, -0.25) is 14.5 Å². The third kappa shape index (κ3) is 5.03. The van der Waals surface area contributed by atoms with Crippen molar-refractivity contribution >= 4 is 11.8 Å². The average Bonchev–Trinajstić information content (AvgIpc) is 2.65. The van der Waals surface area contributed by atoms with Crippen LogP contribution in [0.5, 0.6) is 0 Å². The van der Waals surface area contributed by atoms with Crippen LogP contribution in [-0.4, -0.2) is 29.8 Å². The second kappa shape index (κ2) is 9.63. The molecule has 2 N–H and O–H groups in total. The van der Waals surface area contributed by atoms with Crippen LogP contribution < -0.4 is 5.73 Å². The number of nitrogens with zero attached hydrogens (tertiary/aromatic N) is 1. The summed E-state index contributed by atoms with van der Waals surface area (Å²) >= 11 is 0. The lowest BCUT2D eigenvalue weighted by Gasteiger charge is -2.21. The Morgan fingerprint density at radius 1 is 0.708 bits per heavy atom. The molecule has 2 amide bonds. The van der Waals surface area contributed by atoms with E-state index in [1.807, 2.05) is 12.1 Å². The lowest BCUT2D eigenvalue weighted by Crippen LogP contribution is -2.37. The second-order valence-electron chi connectivity index (χ2n) is 5.70. The summed E-state index contributed by atoms with van der Waals surface area (Å²) in [5.41, 5.74) is 6.56. The molecule has 4 heteroatoms. The van der Waals surface area contributed by atoms with E-state index in [0.29, 0.717) is 24.2 Å². The molecule has 2 aromatic carbocycles. The van der Waals surface area contributed by atoms with Crippen molar-refractivity contribution in [2.75, 3.05) is 13.1 Å². The van der Waals surface area contributed by atoms with Gasteiger partial charge in [0.15, 0.2) is 0 Å². The third-order valence-corrected chi connectivity index (χ3v) is 3.87. The Bertz CT molecular complexity index is 590. The van der Waals surface area contributed by atoms with Crippen LogP contribution in [0.2, 0.25) is 0 Å². The van der Waals surface area contributed by atoms with Crippen LogP contribution in [0.15, 0.2) is 60.7 Å². The molecule has 2 aromatic rings. The quantitative estimate of drug-likeness (QED) is 0.597. The van der Waals surface area contributed by atoms with Gasteiger partial charge in [0.25, 0.3) is 11.8 Å². The monoisotopic (exact) mass is 324 g/mol. The van der Waals surface area contributed by atoms with Gasteiger partial charge in [0.2, 0.25) is 0 Å². The first-order chi connectivity index (χ1) is 11.7. The van der Waals surface area contributed by atoms with Gasteiger partial charge in [0.05, 0.1) is 0 Å². The Morgan fingerprint density at radius 2 is 1.17 bits per heavy atom. The van der Waals surface area contributed by atoms with Gasteiger partial charge in [0.1, 0.15) is 0 Å². The highest BCUT2D eigenvalue weighted by atomic mass is 16.2. The predicted molar refractivity (Wildman–Crippen MR) is 95.8 cm³/mol. The van der Waals surface area contributed by atoms with Crippen LogP contribution in [0.1, 0.15) is 46.4 Å². The first-order valence-electron chi connectivity index (χ1n) is 8.40. The predicted octanol–water partition coefficient (Wildman–Crippen LogP) is 3.49. The number of hydrogen-bond donors (Lipinski definition) is 1. The molecule has 0 spiro atoms. The Kier molecular flexibility index (Phi) is 7.18. The Balaban J connectivity index is 2.12. The number of amides is 2. The van der Waals surface area contributed by atoms with Gasteiger partial charge >= 0.3 is 0 Å². The fourth-order valence-corrected chi connectivity index (χ4v) is 2.54. The minimum atomic E-state index is -0.247. The van der Waals surface area contributed by atoms with Crippen LogP contribution in [0.25, 0.3) is 0 Å². The number of carbonyl (C=O) groups is 2. The molecule has 2 rings (SSSR count). The largest absolute Gasteiger partial charge is 0.330 e. The van der Waals surface area contributed by atoms with Crippen molar-refractivity contribution in [1.82, 2.24) is 4.90 Å². The van der Waals surface area contributed by atoms with Gasteiger partial charge in [-0.2, -0.15) is 0 Å². The average molecular weight is 324 g/mol. The smallest absolute Gasteiger partial charge is 0.260 e. The molecule has 0 atom stereocenters. The zero-order valence-electron chi connectivity index (χ0n) is 13.9. The minimum Gasteiger partial charge on any atom is -0.330 e. The van der Waals surface area contributed by atoms with Crippen molar-refractivity contribution in [3.8, 4) is 0 Å². The van der Waals surface area contributed by atoms with Crippen molar-refractivity contribution in [3.05, 3.63) is 71.8 Å². The lowest BCUT2D eigenvalue weighted by atomic mass is 10.1. The van der Waals surface area contributed by atoms with Crippen molar-refractivity contribution < 1.29 is 9.59 Å². The summed E-state index contributed by atoms with van der Waals surface area (Å²) in [5, 5.41) is 0. The van der Waals surface area contributed by atoms with Crippen LogP contribution in [0.3, 0.4) is 0 Å². The number of carbonyl (C=O) groups excluding carboxylic acids is 2. The fourth-order valence-electron chi connectivity index (χ4n) is 2.54.